The molecular formula is C25H26F3N7O2. The number of unbranched alkanes of at least 4 members (excludes halogenated alkanes) is 1. The van der Waals surface area contributed by atoms with Crippen LogP contribution in [0.25, 0.3) is 16.6 Å². The van der Waals surface area contributed by atoms with Gasteiger partial charge in [0.15, 0.2) is 0 Å². The SMILES string of the molecule is N#CCc1cc(CNCCCCOCCOc2cc(-n3cnnc3)cc3[nH]ncc23)cc(C(F)(F)F)c1. The largest absolute Gasteiger partial charge is 0.490 e. The zero-order valence-corrected chi connectivity index (χ0v) is 20.0. The van der Waals surface area contributed by atoms with E-state index in [0.717, 1.165) is 41.6 Å². The van der Waals surface area contributed by atoms with Crippen molar-refractivity contribution in [3.8, 4) is 17.5 Å². The number of aromatic amines is 1. The highest BCUT2D eigenvalue weighted by molar-refractivity contribution is 5.86. The van der Waals surface area contributed by atoms with Crippen LogP contribution in [-0.2, 0) is 23.9 Å². The van der Waals surface area contributed by atoms with Gasteiger partial charge in [-0.15, -0.1) is 10.2 Å². The molecule has 0 amide bonds. The maximum absolute atomic E-state index is 13.1. The number of alkyl halides is 3. The lowest BCUT2D eigenvalue weighted by atomic mass is 10.0. The second kappa shape index (κ2) is 12.3. The van der Waals surface area contributed by atoms with Gasteiger partial charge in [-0.2, -0.15) is 23.5 Å². The second-order valence-electron chi connectivity index (χ2n) is 8.36. The molecule has 0 spiro atoms. The average Bonchev–Trinajstić information content (AvgIpc) is 3.57. The Balaban J connectivity index is 1.14. The number of H-pyrrole nitrogens is 1. The van der Waals surface area contributed by atoms with Gasteiger partial charge in [0, 0.05) is 19.2 Å². The number of hydrogen-bond acceptors (Lipinski definition) is 7. The number of nitrogens with zero attached hydrogens (tertiary/aromatic N) is 5. The third kappa shape index (κ3) is 7.28. The molecule has 0 unspecified atom stereocenters. The molecule has 9 nitrogen and oxygen atoms in total. The third-order valence-electron chi connectivity index (χ3n) is 5.59. The summed E-state index contributed by atoms with van der Waals surface area (Å²) in [7, 11) is 0. The number of nitrogens with one attached hydrogen (secondary N) is 2. The number of aromatic nitrogens is 5. The number of rotatable bonds is 13. The number of halogens is 3. The Labute approximate surface area is 211 Å². The summed E-state index contributed by atoms with van der Waals surface area (Å²) in [4.78, 5) is 0. The summed E-state index contributed by atoms with van der Waals surface area (Å²) in [6.07, 6.45) is 2.02. The Morgan fingerprint density at radius 3 is 2.59 bits per heavy atom. The van der Waals surface area contributed by atoms with E-state index in [4.69, 9.17) is 14.7 Å². The fourth-order valence-electron chi connectivity index (χ4n) is 3.83. The molecule has 0 atom stereocenters. The molecule has 0 radical (unpaired) electrons. The van der Waals surface area contributed by atoms with Gasteiger partial charge in [0.25, 0.3) is 0 Å². The normalized spacial score (nSPS) is 11.6. The van der Waals surface area contributed by atoms with Crippen molar-refractivity contribution in [3.05, 3.63) is 65.9 Å². The van der Waals surface area contributed by atoms with E-state index < -0.39 is 11.7 Å². The first-order chi connectivity index (χ1) is 17.9. The van der Waals surface area contributed by atoms with E-state index >= 15 is 0 Å². The molecule has 194 valence electrons. The van der Waals surface area contributed by atoms with E-state index in [1.165, 1.54) is 0 Å². The van der Waals surface area contributed by atoms with Crippen LogP contribution >= 0.6 is 0 Å². The van der Waals surface area contributed by atoms with Gasteiger partial charge in [-0.3, -0.25) is 9.67 Å². The molecule has 37 heavy (non-hydrogen) atoms. The molecule has 0 aliphatic rings. The Kier molecular flexibility index (Phi) is 8.71. The minimum absolute atomic E-state index is 0.0571. The Bertz CT molecular complexity index is 1330. The van der Waals surface area contributed by atoms with Gasteiger partial charge in [-0.25, -0.2) is 0 Å². The second-order valence-corrected chi connectivity index (χ2v) is 8.36. The standard InChI is InChI=1S/C25H26F3N7O2/c26-25(27,28)20-10-18(3-4-29)9-19(11-20)14-30-5-1-2-6-36-7-8-37-24-13-21(35-16-32-33-17-35)12-23-22(24)15-31-34-23/h9-13,15-17,30H,1-3,5-8,14H2,(H,31,34). The molecule has 0 saturated heterocycles. The quantitative estimate of drug-likeness (QED) is 0.258. The Morgan fingerprint density at radius 2 is 1.81 bits per heavy atom. The first kappa shape index (κ1) is 26.1. The monoisotopic (exact) mass is 513 g/mol. The van der Waals surface area contributed by atoms with Crippen molar-refractivity contribution >= 4 is 10.9 Å². The summed E-state index contributed by atoms with van der Waals surface area (Å²) in [5.74, 6) is 0.676. The van der Waals surface area contributed by atoms with Crippen LogP contribution in [0.3, 0.4) is 0 Å². The number of hydrogen-bond donors (Lipinski definition) is 2. The zero-order valence-electron chi connectivity index (χ0n) is 20.0. The first-order valence-corrected chi connectivity index (χ1v) is 11.7. The van der Waals surface area contributed by atoms with Crippen molar-refractivity contribution in [1.29, 1.82) is 5.26 Å². The van der Waals surface area contributed by atoms with Gasteiger partial charge in [0.2, 0.25) is 0 Å². The van der Waals surface area contributed by atoms with E-state index in [-0.39, 0.29) is 6.42 Å². The van der Waals surface area contributed by atoms with Crippen LogP contribution in [0.2, 0.25) is 0 Å². The Hall–Kier alpha value is -3.95. The van der Waals surface area contributed by atoms with Crippen LogP contribution in [-0.4, -0.2) is 51.3 Å². The molecule has 2 N–H and O–H groups in total. The highest BCUT2D eigenvalue weighted by Gasteiger charge is 2.31. The van der Waals surface area contributed by atoms with Gasteiger partial charge < -0.3 is 14.8 Å². The van der Waals surface area contributed by atoms with Crippen molar-refractivity contribution in [2.45, 2.75) is 32.0 Å². The fourth-order valence-corrected chi connectivity index (χ4v) is 3.83. The molecule has 2 aromatic carbocycles. The molecular weight excluding hydrogens is 487 g/mol. The highest BCUT2D eigenvalue weighted by atomic mass is 19.4. The summed E-state index contributed by atoms with van der Waals surface area (Å²) in [5.41, 5.74) is 1.82. The predicted octanol–water partition coefficient (Wildman–Crippen LogP) is 4.19. The Morgan fingerprint density at radius 1 is 1.00 bits per heavy atom. The molecule has 0 fully saturated rings. The van der Waals surface area contributed by atoms with Crippen molar-refractivity contribution in [1.82, 2.24) is 30.3 Å². The van der Waals surface area contributed by atoms with Gasteiger partial charge in [0.05, 0.1) is 47.4 Å². The van der Waals surface area contributed by atoms with Crippen LogP contribution in [0.15, 0.2) is 49.2 Å². The van der Waals surface area contributed by atoms with Crippen molar-refractivity contribution in [2.24, 2.45) is 0 Å². The van der Waals surface area contributed by atoms with E-state index in [2.05, 4.69) is 25.7 Å². The van der Waals surface area contributed by atoms with Gasteiger partial charge in [-0.1, -0.05) is 6.07 Å². The number of benzene rings is 2. The number of ether oxygens (including phenoxy) is 2. The van der Waals surface area contributed by atoms with Gasteiger partial charge >= 0.3 is 6.18 Å². The number of nitriles is 1. The maximum atomic E-state index is 13.1. The number of fused-ring (bicyclic) bond motifs is 1. The molecule has 2 aromatic heterocycles. The molecule has 0 aliphatic heterocycles. The summed E-state index contributed by atoms with van der Waals surface area (Å²) in [6.45, 7) is 2.26. The first-order valence-electron chi connectivity index (χ1n) is 11.7. The molecule has 0 saturated carbocycles. The molecule has 2 heterocycles. The van der Waals surface area contributed by atoms with E-state index in [1.54, 1.807) is 29.5 Å². The van der Waals surface area contributed by atoms with Crippen LogP contribution in [0, 0.1) is 11.3 Å². The van der Waals surface area contributed by atoms with Crippen LogP contribution < -0.4 is 10.1 Å². The fraction of sp³-hybridized carbons (Fsp3) is 0.360. The average molecular weight is 514 g/mol. The summed E-state index contributed by atoms with van der Waals surface area (Å²) in [6, 6.07) is 9.50. The molecule has 4 aromatic rings. The summed E-state index contributed by atoms with van der Waals surface area (Å²) < 4.78 is 52.6. The van der Waals surface area contributed by atoms with Crippen molar-refractivity contribution in [3.63, 3.8) is 0 Å². The summed E-state index contributed by atoms with van der Waals surface area (Å²) in [5, 5.41) is 27.5. The van der Waals surface area contributed by atoms with E-state index in [9.17, 15) is 13.2 Å². The lowest BCUT2D eigenvalue weighted by Gasteiger charge is -2.12. The highest BCUT2D eigenvalue weighted by Crippen LogP contribution is 2.31. The van der Waals surface area contributed by atoms with Crippen LogP contribution in [0.5, 0.6) is 5.75 Å². The molecule has 0 bridgehead atoms. The van der Waals surface area contributed by atoms with Gasteiger partial charge in [-0.05, 0) is 48.7 Å². The smallest absolute Gasteiger partial charge is 0.416 e. The maximum Gasteiger partial charge on any atom is 0.416 e. The van der Waals surface area contributed by atoms with Crippen LogP contribution in [0.4, 0.5) is 13.2 Å². The third-order valence-corrected chi connectivity index (χ3v) is 5.59. The molecule has 4 rings (SSSR count). The predicted molar refractivity (Wildman–Crippen MR) is 129 cm³/mol. The minimum atomic E-state index is -4.44. The lowest BCUT2D eigenvalue weighted by molar-refractivity contribution is -0.137. The topological polar surface area (TPSA) is 114 Å². The van der Waals surface area contributed by atoms with E-state index in [0.29, 0.717) is 49.8 Å². The molecule has 12 heteroatoms. The molecule has 0 aliphatic carbocycles. The van der Waals surface area contributed by atoms with E-state index in [1.807, 2.05) is 18.2 Å². The zero-order chi connectivity index (χ0) is 26.1. The lowest BCUT2D eigenvalue weighted by Crippen LogP contribution is -2.16. The van der Waals surface area contributed by atoms with Crippen LogP contribution in [0.1, 0.15) is 29.5 Å². The van der Waals surface area contributed by atoms with Crippen molar-refractivity contribution < 1.29 is 22.6 Å². The van der Waals surface area contributed by atoms with Gasteiger partial charge in [0.1, 0.15) is 25.0 Å². The summed E-state index contributed by atoms with van der Waals surface area (Å²) >= 11 is 0. The van der Waals surface area contributed by atoms with Crippen molar-refractivity contribution in [2.75, 3.05) is 26.4 Å². The minimum Gasteiger partial charge on any atom is -0.490 e.